The molecule has 0 N–H and O–H groups in total. The summed E-state index contributed by atoms with van der Waals surface area (Å²) in [5.74, 6) is 1.40. The van der Waals surface area contributed by atoms with Gasteiger partial charge in [0.2, 0.25) is 0 Å². The minimum Gasteiger partial charge on any atom is -0.497 e. The van der Waals surface area contributed by atoms with Crippen LogP contribution in [0.5, 0.6) is 5.75 Å². The number of nitrogens with zero attached hydrogens (tertiary/aromatic N) is 2. The van der Waals surface area contributed by atoms with Gasteiger partial charge in [-0.05, 0) is 36.4 Å². The molecule has 0 saturated heterocycles. The molecule has 134 valence electrons. The van der Waals surface area contributed by atoms with Gasteiger partial charge in [0.05, 0.1) is 30.0 Å². The first kappa shape index (κ1) is 18.4. The lowest BCUT2D eigenvalue weighted by Gasteiger charge is -2.04. The van der Waals surface area contributed by atoms with Gasteiger partial charge in [0.15, 0.2) is 0 Å². The highest BCUT2D eigenvalue weighted by Crippen LogP contribution is 2.27. The van der Waals surface area contributed by atoms with Crippen LogP contribution < -0.4 is 4.74 Å². The summed E-state index contributed by atoms with van der Waals surface area (Å²) in [6.07, 6.45) is 1.92. The molecular formula is C20H19ClN2O2S. The molecule has 0 amide bonds. The summed E-state index contributed by atoms with van der Waals surface area (Å²) in [4.78, 5) is 0. The van der Waals surface area contributed by atoms with Crippen LogP contribution in [0, 0.1) is 0 Å². The lowest BCUT2D eigenvalue weighted by molar-refractivity contribution is 0.415. The average Bonchev–Trinajstić information content (AvgIpc) is 3.05. The normalized spacial score (nSPS) is 11.9. The van der Waals surface area contributed by atoms with Crippen LogP contribution in [0.3, 0.4) is 0 Å². The molecule has 3 rings (SSSR count). The molecule has 3 aromatic rings. The smallest absolute Gasteiger partial charge is 0.118 e. The molecule has 0 spiro atoms. The summed E-state index contributed by atoms with van der Waals surface area (Å²) in [5, 5.41) is 5.12. The Morgan fingerprint density at radius 3 is 2.50 bits per heavy atom. The van der Waals surface area contributed by atoms with Gasteiger partial charge in [-0.1, -0.05) is 36.4 Å². The van der Waals surface area contributed by atoms with Crippen molar-refractivity contribution in [3.63, 3.8) is 0 Å². The van der Waals surface area contributed by atoms with Crippen LogP contribution in [-0.4, -0.2) is 26.9 Å². The van der Waals surface area contributed by atoms with E-state index in [2.05, 4.69) is 6.58 Å². The zero-order chi connectivity index (χ0) is 18.5. The Morgan fingerprint density at radius 1 is 1.19 bits per heavy atom. The number of hydrogen-bond acceptors (Lipinski definition) is 3. The molecule has 26 heavy (non-hydrogen) atoms. The molecule has 2 aromatic carbocycles. The van der Waals surface area contributed by atoms with Gasteiger partial charge < -0.3 is 4.74 Å². The number of hydrogen-bond donors (Lipinski definition) is 0. The average molecular weight is 387 g/mol. The van der Waals surface area contributed by atoms with E-state index in [0.29, 0.717) is 10.8 Å². The van der Waals surface area contributed by atoms with Crippen molar-refractivity contribution in [1.82, 2.24) is 9.78 Å². The van der Waals surface area contributed by atoms with Crippen LogP contribution in [-0.2, 0) is 16.6 Å². The summed E-state index contributed by atoms with van der Waals surface area (Å²) in [6, 6.07) is 17.5. The van der Waals surface area contributed by atoms with E-state index < -0.39 is 10.8 Å². The van der Waals surface area contributed by atoms with Gasteiger partial charge in [0.25, 0.3) is 0 Å². The molecular weight excluding hydrogens is 368 g/mol. The third-order valence-electron chi connectivity index (χ3n) is 3.81. The highest BCUT2D eigenvalue weighted by molar-refractivity contribution is 7.84. The van der Waals surface area contributed by atoms with Crippen molar-refractivity contribution in [1.29, 1.82) is 0 Å². The van der Waals surface area contributed by atoms with E-state index in [9.17, 15) is 4.21 Å². The molecule has 1 heterocycles. The van der Waals surface area contributed by atoms with Crippen LogP contribution in [0.15, 0.2) is 72.4 Å². The maximum atomic E-state index is 12.4. The molecule has 0 bridgehead atoms. The minimum atomic E-state index is -1.14. The molecule has 0 aliphatic rings. The minimum absolute atomic E-state index is 0.264. The first-order valence-electron chi connectivity index (χ1n) is 8.03. The molecule has 0 aliphatic carbocycles. The molecule has 1 aromatic heterocycles. The van der Waals surface area contributed by atoms with Crippen molar-refractivity contribution in [3.8, 4) is 22.7 Å². The Labute approximate surface area is 160 Å². The Kier molecular flexibility index (Phi) is 5.91. The number of methoxy groups -OCH3 is 1. The lowest BCUT2D eigenvalue weighted by Crippen LogP contribution is -2.01. The van der Waals surface area contributed by atoms with Crippen molar-refractivity contribution in [2.75, 3.05) is 12.9 Å². The molecule has 4 nitrogen and oxygen atoms in total. The monoisotopic (exact) mass is 386 g/mol. The largest absolute Gasteiger partial charge is 0.497 e. The van der Waals surface area contributed by atoms with E-state index in [4.69, 9.17) is 21.4 Å². The Morgan fingerprint density at radius 2 is 1.88 bits per heavy atom. The third kappa shape index (κ3) is 4.42. The van der Waals surface area contributed by atoms with Crippen LogP contribution in [0.1, 0.15) is 5.56 Å². The molecule has 0 saturated carbocycles. The predicted octanol–water partition coefficient (Wildman–Crippen LogP) is 4.55. The van der Waals surface area contributed by atoms with Crippen LogP contribution in [0.2, 0.25) is 0 Å². The zero-order valence-corrected chi connectivity index (χ0v) is 16.0. The van der Waals surface area contributed by atoms with Gasteiger partial charge in [-0.25, -0.2) is 4.68 Å². The quantitative estimate of drug-likeness (QED) is 0.598. The molecule has 0 radical (unpaired) electrons. The molecule has 0 unspecified atom stereocenters. The van der Waals surface area contributed by atoms with E-state index >= 15 is 0 Å². The number of halogens is 1. The second-order valence-corrected chi connectivity index (χ2v) is 7.75. The van der Waals surface area contributed by atoms with Crippen molar-refractivity contribution in [3.05, 3.63) is 78.0 Å². The van der Waals surface area contributed by atoms with Gasteiger partial charge in [0.1, 0.15) is 5.75 Å². The summed E-state index contributed by atoms with van der Waals surface area (Å²) in [5.41, 5.74) is 3.58. The van der Waals surface area contributed by atoms with Crippen molar-refractivity contribution in [2.24, 2.45) is 0 Å². The number of para-hydroxylation sites is 1. The summed E-state index contributed by atoms with van der Waals surface area (Å²) in [7, 11) is 0.488. The number of rotatable bonds is 7. The van der Waals surface area contributed by atoms with Gasteiger partial charge in [-0.3, -0.25) is 4.21 Å². The van der Waals surface area contributed by atoms with Gasteiger partial charge in [0, 0.05) is 33.2 Å². The number of benzene rings is 2. The third-order valence-corrected chi connectivity index (χ3v) is 5.40. The highest BCUT2D eigenvalue weighted by Gasteiger charge is 2.15. The van der Waals surface area contributed by atoms with E-state index in [1.165, 1.54) is 0 Å². The van der Waals surface area contributed by atoms with Gasteiger partial charge in [-0.15, -0.1) is 0 Å². The van der Waals surface area contributed by atoms with E-state index in [0.717, 1.165) is 28.3 Å². The molecule has 1 atom stereocenters. The fourth-order valence-corrected chi connectivity index (χ4v) is 3.99. The Bertz CT molecular complexity index is 921. The zero-order valence-electron chi connectivity index (χ0n) is 14.4. The Hall–Kier alpha value is -2.37. The molecule has 6 heteroatoms. The van der Waals surface area contributed by atoms with Crippen molar-refractivity contribution in [2.45, 2.75) is 5.75 Å². The van der Waals surface area contributed by atoms with Crippen LogP contribution in [0.25, 0.3) is 16.9 Å². The standard InChI is InChI=1S/C20H19ClN2O2S/c1-15(21)13-26(24)14-17-12-23(18-6-4-3-5-7-18)22-20(17)16-8-10-19(25-2)11-9-16/h3-12H,1,13-14H2,2H3/t26-/m1/s1. The second kappa shape index (κ2) is 8.34. The maximum Gasteiger partial charge on any atom is 0.118 e. The number of ether oxygens (including phenoxy) is 1. The predicted molar refractivity (Wildman–Crippen MR) is 107 cm³/mol. The topological polar surface area (TPSA) is 44.1 Å². The van der Waals surface area contributed by atoms with Crippen molar-refractivity contribution >= 4 is 22.4 Å². The van der Waals surface area contributed by atoms with Crippen molar-refractivity contribution < 1.29 is 8.95 Å². The molecule has 0 fully saturated rings. The van der Waals surface area contributed by atoms with E-state index in [1.54, 1.807) is 7.11 Å². The first-order chi connectivity index (χ1) is 12.6. The SMILES string of the molecule is C=C(Cl)C[S@@](=O)Cc1cn(-c2ccccc2)nc1-c1ccc(OC)cc1. The fraction of sp³-hybridized carbons (Fsp3) is 0.150. The fourth-order valence-electron chi connectivity index (χ4n) is 2.62. The van der Waals surface area contributed by atoms with E-state index in [1.807, 2.05) is 65.5 Å². The second-order valence-electron chi connectivity index (χ2n) is 5.76. The summed E-state index contributed by atoms with van der Waals surface area (Å²) >= 11 is 5.81. The molecule has 0 aliphatic heterocycles. The van der Waals surface area contributed by atoms with E-state index in [-0.39, 0.29) is 5.75 Å². The summed E-state index contributed by atoms with van der Waals surface area (Å²) in [6.45, 7) is 3.63. The van der Waals surface area contributed by atoms with Crippen LogP contribution in [0.4, 0.5) is 0 Å². The first-order valence-corrected chi connectivity index (χ1v) is 9.90. The van der Waals surface area contributed by atoms with Crippen LogP contribution >= 0.6 is 11.6 Å². The Balaban J connectivity index is 2.00. The van der Waals surface area contributed by atoms with Gasteiger partial charge >= 0.3 is 0 Å². The summed E-state index contributed by atoms with van der Waals surface area (Å²) < 4.78 is 19.4. The highest BCUT2D eigenvalue weighted by atomic mass is 35.5. The maximum absolute atomic E-state index is 12.4. The number of aromatic nitrogens is 2. The lowest BCUT2D eigenvalue weighted by atomic mass is 10.1. The van der Waals surface area contributed by atoms with Gasteiger partial charge in [-0.2, -0.15) is 5.10 Å².